The lowest BCUT2D eigenvalue weighted by Gasteiger charge is -2.23. The van der Waals surface area contributed by atoms with Gasteiger partial charge in [0.2, 0.25) is 0 Å². The molecule has 0 saturated heterocycles. The number of hydrogen-bond donors (Lipinski definition) is 0. The smallest absolute Gasteiger partial charge is 0.311 e. The summed E-state index contributed by atoms with van der Waals surface area (Å²) in [5.41, 5.74) is 0.285. The van der Waals surface area contributed by atoms with Crippen molar-refractivity contribution in [2.75, 3.05) is 39.4 Å². The number of aromatic nitrogens is 4. The number of benzene rings is 3. The lowest BCUT2D eigenvalue weighted by atomic mass is 9.91. The molecule has 234 valence electrons. The van der Waals surface area contributed by atoms with Crippen molar-refractivity contribution in [2.24, 2.45) is 0 Å². The molecule has 0 radical (unpaired) electrons. The summed E-state index contributed by atoms with van der Waals surface area (Å²) < 4.78 is 75.1. The van der Waals surface area contributed by atoms with Crippen LogP contribution in [0.15, 0.2) is 36.4 Å². The number of anilines is 1. The molecule has 2 aromatic heterocycles. The fraction of sp³-hybridized carbons (Fsp3) is 0.312. The molecule has 3 aromatic carbocycles. The fourth-order valence-electron chi connectivity index (χ4n) is 5.86. The van der Waals surface area contributed by atoms with E-state index in [1.165, 1.54) is 30.2 Å². The first-order chi connectivity index (χ1) is 21.6. The molecule has 0 saturated carbocycles. The first-order valence-electron chi connectivity index (χ1n) is 14.4. The van der Waals surface area contributed by atoms with Gasteiger partial charge >= 0.3 is 6.08 Å². The third kappa shape index (κ3) is 5.41. The Kier molecular flexibility index (Phi) is 8.04. The Morgan fingerprint density at radius 3 is 2.56 bits per heavy atom. The quantitative estimate of drug-likeness (QED) is 0.128. The number of rotatable bonds is 7. The van der Waals surface area contributed by atoms with Gasteiger partial charge in [0.15, 0.2) is 18.3 Å². The number of nitrogens with zero attached hydrogens (tertiary/aromatic N) is 6. The minimum absolute atomic E-state index is 0.000635. The minimum Gasteiger partial charge on any atom is -0.468 e. The fourth-order valence-corrected chi connectivity index (χ4v) is 5.86. The van der Waals surface area contributed by atoms with Gasteiger partial charge in [0.05, 0.1) is 17.8 Å². The number of carbonyl (C=O) groups is 1. The van der Waals surface area contributed by atoms with Gasteiger partial charge in [0, 0.05) is 39.7 Å². The Balaban J connectivity index is 1.53. The molecule has 5 aromatic rings. The summed E-state index contributed by atoms with van der Waals surface area (Å²) in [6, 6.07) is 8.56. The van der Waals surface area contributed by atoms with Crippen LogP contribution in [0.4, 0.5) is 23.4 Å². The Morgan fingerprint density at radius 2 is 1.82 bits per heavy atom. The number of carbonyl (C=O) groups excluding carboxylic acids is 1. The number of fused-ring (bicyclic) bond motifs is 3. The largest absolute Gasteiger partial charge is 0.468 e. The molecule has 1 aliphatic heterocycles. The molecular weight excluding hydrogens is 592 g/mol. The first-order valence-corrected chi connectivity index (χ1v) is 14.4. The lowest BCUT2D eigenvalue weighted by Crippen LogP contribution is -2.25. The van der Waals surface area contributed by atoms with Crippen LogP contribution < -0.4 is 9.64 Å². The Hall–Kier alpha value is -4.78. The molecule has 0 N–H and O–H groups in total. The number of halogens is 4. The van der Waals surface area contributed by atoms with Gasteiger partial charge in [-0.1, -0.05) is 13.0 Å². The van der Waals surface area contributed by atoms with Crippen molar-refractivity contribution in [3.05, 3.63) is 76.9 Å². The Bertz CT molecular complexity index is 1960. The van der Waals surface area contributed by atoms with E-state index in [4.69, 9.17) is 9.47 Å². The maximum absolute atomic E-state index is 16.5. The van der Waals surface area contributed by atoms with E-state index in [0.717, 1.165) is 6.07 Å². The van der Waals surface area contributed by atoms with Crippen molar-refractivity contribution < 1.29 is 31.8 Å². The van der Waals surface area contributed by atoms with Crippen LogP contribution in [0, 0.1) is 23.5 Å². The summed E-state index contributed by atoms with van der Waals surface area (Å²) in [7, 11) is 4.68. The molecule has 0 bridgehead atoms. The average molecular weight is 623 g/mol. The minimum atomic E-state index is -1.20. The Morgan fingerprint density at radius 1 is 1.02 bits per heavy atom. The van der Waals surface area contributed by atoms with Crippen LogP contribution in [0.1, 0.15) is 35.1 Å². The number of hydrogen-bond acceptors (Lipinski definition) is 7. The lowest BCUT2D eigenvalue weighted by molar-refractivity contribution is 0.0512. The van der Waals surface area contributed by atoms with E-state index in [1.807, 2.05) is 0 Å². The molecule has 0 atom stereocenters. The van der Waals surface area contributed by atoms with Crippen molar-refractivity contribution in [3.63, 3.8) is 0 Å². The average Bonchev–Trinajstić information content (AvgIpc) is 3.30. The summed E-state index contributed by atoms with van der Waals surface area (Å²) in [4.78, 5) is 23.3. The zero-order chi connectivity index (χ0) is 32.0. The number of ether oxygens (including phenoxy) is 2. The van der Waals surface area contributed by atoms with Crippen molar-refractivity contribution in [1.29, 1.82) is 0 Å². The van der Waals surface area contributed by atoms with Crippen molar-refractivity contribution in [1.82, 2.24) is 24.6 Å². The maximum atomic E-state index is 16.5. The van der Waals surface area contributed by atoms with Gasteiger partial charge in [-0.15, -0.1) is 0 Å². The summed E-state index contributed by atoms with van der Waals surface area (Å²) >= 11 is 0. The van der Waals surface area contributed by atoms with Gasteiger partial charge in [-0.3, -0.25) is 9.48 Å². The molecule has 1 aliphatic rings. The molecule has 0 spiro atoms. The second-order valence-corrected chi connectivity index (χ2v) is 11.0. The number of methoxy groups -OCH3 is 1. The summed E-state index contributed by atoms with van der Waals surface area (Å²) in [5, 5.41) is 5.18. The summed E-state index contributed by atoms with van der Waals surface area (Å²) in [6.45, 7) is 2.63. The van der Waals surface area contributed by atoms with Crippen LogP contribution >= 0.6 is 0 Å². The van der Waals surface area contributed by atoms with Crippen molar-refractivity contribution in [2.45, 2.75) is 32.9 Å². The highest BCUT2D eigenvalue weighted by atomic mass is 19.1. The third-order valence-corrected chi connectivity index (χ3v) is 7.88. The van der Waals surface area contributed by atoms with Gasteiger partial charge in [-0.05, 0) is 65.1 Å². The van der Waals surface area contributed by atoms with Gasteiger partial charge in [0.1, 0.15) is 28.7 Å². The van der Waals surface area contributed by atoms with Crippen LogP contribution in [0.5, 0.6) is 5.75 Å². The van der Waals surface area contributed by atoms with E-state index in [2.05, 4.69) is 15.1 Å². The van der Waals surface area contributed by atoms with Gasteiger partial charge in [-0.2, -0.15) is 19.5 Å². The maximum Gasteiger partial charge on any atom is 0.311 e. The molecule has 3 heterocycles. The van der Waals surface area contributed by atoms with Crippen LogP contribution in [-0.4, -0.2) is 65.1 Å². The van der Waals surface area contributed by atoms with E-state index in [0.29, 0.717) is 36.0 Å². The number of amides is 1. The zero-order valence-corrected chi connectivity index (χ0v) is 25.1. The van der Waals surface area contributed by atoms with E-state index < -0.39 is 34.6 Å². The highest BCUT2D eigenvalue weighted by molar-refractivity contribution is 6.03. The number of aryl methyl sites for hydroxylation is 2. The van der Waals surface area contributed by atoms with Crippen molar-refractivity contribution in [3.8, 4) is 16.9 Å². The molecule has 13 heteroatoms. The van der Waals surface area contributed by atoms with Crippen LogP contribution in [-0.2, 0) is 24.2 Å². The SMILES string of the molecule is CCc1c(F)ccc2cc(OCOC)cc(-c3c(F)cc4c(N5CCCn6nc(C(=O)N(C)C)cc6C5)nc(F)nc4c3F)c12. The Labute approximate surface area is 256 Å². The van der Waals surface area contributed by atoms with E-state index in [-0.39, 0.29) is 59.4 Å². The summed E-state index contributed by atoms with van der Waals surface area (Å²) in [5.74, 6) is -2.64. The molecule has 6 rings (SSSR count). The van der Waals surface area contributed by atoms with E-state index >= 15 is 13.2 Å². The van der Waals surface area contributed by atoms with Crippen LogP contribution in [0.3, 0.4) is 0 Å². The van der Waals surface area contributed by atoms with Gasteiger partial charge < -0.3 is 19.3 Å². The van der Waals surface area contributed by atoms with Crippen LogP contribution in [0.2, 0.25) is 0 Å². The van der Waals surface area contributed by atoms with Crippen LogP contribution in [0.25, 0.3) is 32.8 Å². The molecule has 1 amide bonds. The second kappa shape index (κ2) is 12.0. The second-order valence-electron chi connectivity index (χ2n) is 11.0. The van der Waals surface area contributed by atoms with E-state index in [1.54, 1.807) is 42.7 Å². The third-order valence-electron chi connectivity index (χ3n) is 7.88. The monoisotopic (exact) mass is 622 g/mol. The van der Waals surface area contributed by atoms with Gasteiger partial charge in [0.25, 0.3) is 5.91 Å². The predicted molar refractivity (Wildman–Crippen MR) is 160 cm³/mol. The standard InChI is InChI=1S/C32H30F4N6O3/c1-5-20-23(33)8-7-17-11-19(45-16-44-4)13-21(26(17)20)27-24(34)14-22-29(28(27)35)37-32(36)38-30(22)41-9-6-10-42-18(15-41)12-25(39-42)31(43)40(2)3/h7-8,11-14H,5-6,9-10,15-16H2,1-4H3. The molecule has 45 heavy (non-hydrogen) atoms. The highest BCUT2D eigenvalue weighted by Crippen LogP contribution is 2.41. The van der Waals surface area contributed by atoms with Crippen molar-refractivity contribution >= 4 is 33.4 Å². The molecule has 0 unspecified atom stereocenters. The molecular formula is C32H30F4N6O3. The highest BCUT2D eigenvalue weighted by Gasteiger charge is 2.27. The topological polar surface area (TPSA) is 85.6 Å². The summed E-state index contributed by atoms with van der Waals surface area (Å²) in [6.07, 6.45) is -0.399. The normalized spacial score (nSPS) is 13.3. The molecule has 0 aliphatic carbocycles. The predicted octanol–water partition coefficient (Wildman–Crippen LogP) is 5.86. The van der Waals surface area contributed by atoms with E-state index in [9.17, 15) is 9.18 Å². The molecule has 0 fully saturated rings. The first kappa shape index (κ1) is 30.3. The molecule has 9 nitrogen and oxygen atoms in total. The van der Waals surface area contributed by atoms with Gasteiger partial charge in [-0.25, -0.2) is 13.2 Å². The zero-order valence-electron chi connectivity index (χ0n) is 25.1.